The summed E-state index contributed by atoms with van der Waals surface area (Å²) >= 11 is 0. The molecule has 2 amide bonds. The van der Waals surface area contributed by atoms with Gasteiger partial charge in [0.05, 0.1) is 0 Å². The number of nitrogens with one attached hydrogen (secondary N) is 2. The molecule has 2 N–H and O–H groups in total. The highest BCUT2D eigenvalue weighted by Gasteiger charge is 2.25. The van der Waals surface area contributed by atoms with Crippen LogP contribution in [0.1, 0.15) is 22.0 Å². The third-order valence-electron chi connectivity index (χ3n) is 4.13. The minimum atomic E-state index is -1.24. The first kappa shape index (κ1) is 20.7. The molecule has 0 heterocycles. The largest absolute Gasteiger partial charge is 0.446 e. The highest BCUT2D eigenvalue weighted by atomic mass is 19.1. The highest BCUT2D eigenvalue weighted by molar-refractivity contribution is 5.97. The summed E-state index contributed by atoms with van der Waals surface area (Å²) in [6, 6.07) is 22.1. The summed E-state index contributed by atoms with van der Waals surface area (Å²) in [6.07, 6.45) is -1.24. The van der Waals surface area contributed by atoms with Gasteiger partial charge in [0.2, 0.25) is 6.10 Å². The molecule has 0 unspecified atom stereocenters. The van der Waals surface area contributed by atoms with E-state index in [2.05, 4.69) is 10.6 Å². The molecule has 0 bridgehead atoms. The monoisotopic (exact) mass is 406 g/mol. The van der Waals surface area contributed by atoms with Crippen molar-refractivity contribution in [2.75, 3.05) is 11.9 Å². The van der Waals surface area contributed by atoms with Crippen LogP contribution in [0.25, 0.3) is 0 Å². The zero-order valence-electron chi connectivity index (χ0n) is 15.9. The molecule has 0 aromatic heterocycles. The minimum Gasteiger partial charge on any atom is -0.446 e. The summed E-state index contributed by atoms with van der Waals surface area (Å²) < 4.78 is 18.4. The summed E-state index contributed by atoms with van der Waals surface area (Å²) in [5, 5.41) is 5.06. The zero-order valence-corrected chi connectivity index (χ0v) is 15.9. The molecular formula is C23H19FN2O4. The van der Waals surface area contributed by atoms with Crippen molar-refractivity contribution in [1.29, 1.82) is 0 Å². The number of halogens is 1. The molecule has 3 aromatic rings. The Kier molecular flexibility index (Phi) is 6.89. The average molecular weight is 406 g/mol. The Hall–Kier alpha value is -4.00. The number of carbonyl (C=O) groups is 3. The quantitative estimate of drug-likeness (QED) is 0.589. The van der Waals surface area contributed by atoms with E-state index < -0.39 is 36.2 Å². The van der Waals surface area contributed by atoms with E-state index in [1.165, 1.54) is 24.3 Å². The van der Waals surface area contributed by atoms with Gasteiger partial charge in [-0.1, -0.05) is 48.5 Å². The van der Waals surface area contributed by atoms with E-state index in [-0.39, 0.29) is 0 Å². The van der Waals surface area contributed by atoms with Gasteiger partial charge in [0.15, 0.2) is 0 Å². The van der Waals surface area contributed by atoms with Gasteiger partial charge < -0.3 is 15.4 Å². The lowest BCUT2D eigenvalue weighted by molar-refractivity contribution is -0.153. The number of rotatable bonds is 7. The van der Waals surface area contributed by atoms with Gasteiger partial charge >= 0.3 is 5.97 Å². The number of ether oxygens (including phenoxy) is 1. The van der Waals surface area contributed by atoms with Crippen LogP contribution in [0.3, 0.4) is 0 Å². The van der Waals surface area contributed by atoms with Gasteiger partial charge in [0.1, 0.15) is 12.4 Å². The molecule has 3 rings (SSSR count). The second-order valence-electron chi connectivity index (χ2n) is 6.33. The molecule has 30 heavy (non-hydrogen) atoms. The summed E-state index contributed by atoms with van der Waals surface area (Å²) in [7, 11) is 0. The van der Waals surface area contributed by atoms with Crippen molar-refractivity contribution in [1.82, 2.24) is 5.32 Å². The van der Waals surface area contributed by atoms with E-state index in [0.717, 1.165) is 0 Å². The zero-order chi connectivity index (χ0) is 21.3. The molecule has 0 spiro atoms. The van der Waals surface area contributed by atoms with Crippen LogP contribution < -0.4 is 10.6 Å². The van der Waals surface area contributed by atoms with Gasteiger partial charge in [-0.25, -0.2) is 4.39 Å². The molecule has 152 valence electrons. The molecule has 7 heteroatoms. The second-order valence-corrected chi connectivity index (χ2v) is 6.33. The van der Waals surface area contributed by atoms with E-state index in [1.54, 1.807) is 60.7 Å². The van der Waals surface area contributed by atoms with E-state index in [4.69, 9.17) is 4.74 Å². The Balaban J connectivity index is 1.66. The van der Waals surface area contributed by atoms with Crippen molar-refractivity contribution in [3.05, 3.63) is 102 Å². The lowest BCUT2D eigenvalue weighted by atomic mass is 10.1. The van der Waals surface area contributed by atoms with E-state index in [1.807, 2.05) is 0 Å². The number of hydrogen-bond donors (Lipinski definition) is 2. The van der Waals surface area contributed by atoms with Crippen LogP contribution in [0, 0.1) is 5.82 Å². The van der Waals surface area contributed by atoms with Crippen LogP contribution in [-0.2, 0) is 14.3 Å². The Morgan fingerprint density at radius 1 is 0.833 bits per heavy atom. The predicted molar refractivity (Wildman–Crippen MR) is 109 cm³/mol. The van der Waals surface area contributed by atoms with Crippen molar-refractivity contribution in [3.8, 4) is 0 Å². The fourth-order valence-corrected chi connectivity index (χ4v) is 2.66. The normalized spacial score (nSPS) is 11.2. The number of esters is 1. The number of carbonyl (C=O) groups excluding carboxylic acids is 3. The van der Waals surface area contributed by atoms with Crippen molar-refractivity contribution in [2.24, 2.45) is 0 Å². The maximum absolute atomic E-state index is 13.1. The van der Waals surface area contributed by atoms with Gasteiger partial charge in [-0.05, 0) is 36.4 Å². The Morgan fingerprint density at radius 2 is 1.43 bits per heavy atom. The standard InChI is InChI=1S/C23H19FN2O4/c24-18-11-13-19(14-12-18)26-23(29)21(16-7-3-1-4-8-16)30-20(27)15-25-22(28)17-9-5-2-6-10-17/h1-14,21H,15H2,(H,25,28)(H,26,29)/t21-/m1/s1. The summed E-state index contributed by atoms with van der Waals surface area (Å²) in [5.41, 5.74) is 1.22. The average Bonchev–Trinajstić information content (AvgIpc) is 2.78. The maximum atomic E-state index is 13.1. The van der Waals surface area contributed by atoms with Gasteiger partial charge in [-0.2, -0.15) is 0 Å². The van der Waals surface area contributed by atoms with Gasteiger partial charge in [0, 0.05) is 16.8 Å². The number of anilines is 1. The van der Waals surface area contributed by atoms with Crippen LogP contribution in [0.2, 0.25) is 0 Å². The molecular weight excluding hydrogens is 387 g/mol. The van der Waals surface area contributed by atoms with Gasteiger partial charge in [-0.3, -0.25) is 14.4 Å². The SMILES string of the molecule is O=C(CNC(=O)c1ccccc1)O[C@@H](C(=O)Nc1ccc(F)cc1)c1ccccc1. The minimum absolute atomic E-state index is 0.357. The Morgan fingerprint density at radius 3 is 2.07 bits per heavy atom. The van der Waals surface area contributed by atoms with E-state index in [0.29, 0.717) is 16.8 Å². The topological polar surface area (TPSA) is 84.5 Å². The predicted octanol–water partition coefficient (Wildman–Crippen LogP) is 3.48. The molecule has 0 saturated heterocycles. The van der Waals surface area contributed by atoms with Crippen LogP contribution in [0.15, 0.2) is 84.9 Å². The molecule has 0 aliphatic heterocycles. The molecule has 0 fully saturated rings. The summed E-state index contributed by atoms with van der Waals surface area (Å²) in [5.74, 6) is -2.24. The van der Waals surface area contributed by atoms with Crippen molar-refractivity contribution < 1.29 is 23.5 Å². The van der Waals surface area contributed by atoms with Crippen molar-refractivity contribution in [2.45, 2.75) is 6.10 Å². The van der Waals surface area contributed by atoms with Crippen LogP contribution in [0.4, 0.5) is 10.1 Å². The smallest absolute Gasteiger partial charge is 0.326 e. The number of benzene rings is 3. The van der Waals surface area contributed by atoms with Gasteiger partial charge in [-0.15, -0.1) is 0 Å². The van der Waals surface area contributed by atoms with Gasteiger partial charge in [0.25, 0.3) is 11.8 Å². The molecule has 0 aliphatic rings. The Bertz CT molecular complexity index is 1010. The first-order valence-electron chi connectivity index (χ1n) is 9.17. The molecule has 1 atom stereocenters. The lowest BCUT2D eigenvalue weighted by Gasteiger charge is -2.18. The summed E-state index contributed by atoms with van der Waals surface area (Å²) in [4.78, 5) is 37.1. The maximum Gasteiger partial charge on any atom is 0.326 e. The number of hydrogen-bond acceptors (Lipinski definition) is 4. The second kappa shape index (κ2) is 9.97. The fourth-order valence-electron chi connectivity index (χ4n) is 2.66. The first-order chi connectivity index (χ1) is 14.5. The van der Waals surface area contributed by atoms with Crippen LogP contribution >= 0.6 is 0 Å². The van der Waals surface area contributed by atoms with E-state index in [9.17, 15) is 18.8 Å². The number of amides is 2. The van der Waals surface area contributed by atoms with Crippen molar-refractivity contribution in [3.63, 3.8) is 0 Å². The highest BCUT2D eigenvalue weighted by Crippen LogP contribution is 2.20. The first-order valence-corrected chi connectivity index (χ1v) is 9.17. The third-order valence-corrected chi connectivity index (χ3v) is 4.13. The van der Waals surface area contributed by atoms with Crippen molar-refractivity contribution >= 4 is 23.5 Å². The van der Waals surface area contributed by atoms with Crippen LogP contribution in [-0.4, -0.2) is 24.3 Å². The summed E-state index contributed by atoms with van der Waals surface area (Å²) in [6.45, 7) is -0.402. The molecule has 0 saturated carbocycles. The molecule has 0 radical (unpaired) electrons. The molecule has 3 aromatic carbocycles. The van der Waals surface area contributed by atoms with Crippen LogP contribution in [0.5, 0.6) is 0 Å². The molecule has 6 nitrogen and oxygen atoms in total. The van der Waals surface area contributed by atoms with E-state index >= 15 is 0 Å². The molecule has 0 aliphatic carbocycles. The third kappa shape index (κ3) is 5.75. The fraction of sp³-hybridized carbons (Fsp3) is 0.0870. The lowest BCUT2D eigenvalue weighted by Crippen LogP contribution is -2.33. The Labute approximate surface area is 172 Å².